The number of likely N-dealkylation sites (tertiary alicyclic amines) is 3. The van der Waals surface area contributed by atoms with Crippen molar-refractivity contribution in [3.05, 3.63) is 280 Å². The molecule has 32 heteroatoms. The number of amides is 7. The van der Waals surface area contributed by atoms with Gasteiger partial charge < -0.3 is 87.0 Å². The van der Waals surface area contributed by atoms with E-state index in [-0.39, 0.29) is 84.1 Å². The van der Waals surface area contributed by atoms with Crippen molar-refractivity contribution in [3.63, 3.8) is 0 Å². The maximum Gasteiger partial charge on any atom is 0.534 e. The first-order valence-electron chi connectivity index (χ1n) is 51.6. The number of alkyl halides is 3. The Morgan fingerprint density at radius 1 is 0.378 bits per heavy atom. The maximum absolute atomic E-state index is 12.9. The third kappa shape index (κ3) is 26.9. The second kappa shape index (κ2) is 47.7. The molecule has 8 aromatic rings. The number of nitrogens with one attached hydrogen (secondary N) is 1. The molecule has 0 aliphatic carbocycles. The van der Waals surface area contributed by atoms with E-state index in [2.05, 4.69) is 91.0 Å². The zero-order chi connectivity index (χ0) is 108. The molecule has 0 radical (unpaired) electrons. The van der Waals surface area contributed by atoms with Crippen LogP contribution in [0.4, 0.5) is 27.6 Å². The lowest BCUT2D eigenvalue weighted by atomic mass is 9.77. The number of halogens is 3. The van der Waals surface area contributed by atoms with Crippen LogP contribution in [-0.4, -0.2) is 251 Å². The smallest absolute Gasteiger partial charge is 0.482 e. The van der Waals surface area contributed by atoms with Crippen molar-refractivity contribution < 1.29 is 103 Å². The van der Waals surface area contributed by atoms with Crippen LogP contribution >= 0.6 is 0 Å². The van der Waals surface area contributed by atoms with Gasteiger partial charge in [-0.2, -0.15) is 21.6 Å². The molecule has 8 unspecified atom stereocenters. The summed E-state index contributed by atoms with van der Waals surface area (Å²) < 4.78 is 109. The summed E-state index contributed by atoms with van der Waals surface area (Å²) in [5.74, 6) is 2.64. The van der Waals surface area contributed by atoms with Crippen molar-refractivity contribution in [1.29, 1.82) is 0 Å². The third-order valence-corrected chi connectivity index (χ3v) is 29.1. The minimum absolute atomic E-state index is 0.0380. The standard InChI is InChI=1S/2C30H38N2O4.C25H30N2O2.C20H24F3NO6S.C11H16BNO3/c2*1-7-31(8-2)27(33)23-15-13-22(14-16-23)25-19-30(35-26-12-10-9-11-24(25)26)17-18-32(20-21(30)3)28(34)36-29(4,5)6;1-4-27(5-2)24(28)20-12-10-19(11-13-20)22-16-25(14-15-26-17-18(25)3)29-23-9-7-6-8-21(22)23;1-13-12-24(17(25)29-18(2,3)4)10-9-19(13)11-16(30-31(26,27)20(21,22)23)14-7-5-6-8-15(14)28-19;1-3-13(4-2)11(14)9-5-7-10(8-6-9)12(15)16/h2*9-16,19,21H,7-8,17-18,20H2,1-6H3;6-13,16,18,26H,4-5,14-15,17H2,1-3H3;5-8,11,13H,9-10,12H2,1-4H3;5-8,15-16H,3-4H2,1-2H3. The highest BCUT2D eigenvalue weighted by molar-refractivity contribution is 7.87. The van der Waals surface area contributed by atoms with Gasteiger partial charge in [-0.3, -0.25) is 19.2 Å². The van der Waals surface area contributed by atoms with Crippen LogP contribution in [0.15, 0.2) is 218 Å². The van der Waals surface area contributed by atoms with E-state index in [4.69, 9.17) is 43.2 Å². The molecule has 794 valence electrons. The van der Waals surface area contributed by atoms with Gasteiger partial charge in [-0.25, -0.2) is 14.4 Å². The summed E-state index contributed by atoms with van der Waals surface area (Å²) in [5, 5.41) is 21.3. The average Bonchev–Trinajstić information content (AvgIpc) is 0.763. The van der Waals surface area contributed by atoms with Gasteiger partial charge in [0.1, 0.15) is 62.2 Å². The molecule has 8 aliphatic heterocycles. The average molecular weight is 2060 g/mol. The second-order valence-electron chi connectivity index (χ2n) is 41.6. The molecule has 0 saturated carbocycles. The number of ether oxygens (including phenoxy) is 7. The number of nitrogens with zero attached hydrogens (tertiary/aromatic N) is 7. The molecule has 8 aromatic carbocycles. The molecule has 27 nitrogen and oxygen atoms in total. The Bertz CT molecular complexity index is 6080. The van der Waals surface area contributed by atoms with Gasteiger partial charge >= 0.3 is 41.0 Å². The Morgan fingerprint density at radius 3 is 0.892 bits per heavy atom. The predicted molar refractivity (Wildman–Crippen MR) is 570 cm³/mol. The summed E-state index contributed by atoms with van der Waals surface area (Å²) in [6, 6.07) is 60.7. The first kappa shape index (κ1) is 114. The van der Waals surface area contributed by atoms with E-state index in [0.717, 1.165) is 99.9 Å². The van der Waals surface area contributed by atoms with Crippen LogP contribution in [0.3, 0.4) is 0 Å². The van der Waals surface area contributed by atoms with Crippen LogP contribution in [0.1, 0.15) is 251 Å². The fourth-order valence-electron chi connectivity index (χ4n) is 19.6. The van der Waals surface area contributed by atoms with Crippen LogP contribution in [0, 0.1) is 23.7 Å². The number of fused-ring (bicyclic) bond motifs is 4. The zero-order valence-electron chi connectivity index (χ0n) is 89.3. The van der Waals surface area contributed by atoms with E-state index in [1.54, 1.807) is 72.7 Å². The van der Waals surface area contributed by atoms with Crippen molar-refractivity contribution >= 4 is 87.1 Å². The first-order valence-corrected chi connectivity index (χ1v) is 53.0. The molecule has 8 atom stereocenters. The number of carbonyl (C=O) groups excluding carboxylic acids is 7. The number of hydrogen-bond acceptors (Lipinski definition) is 20. The number of benzene rings is 8. The van der Waals surface area contributed by atoms with Crippen molar-refractivity contribution in [3.8, 4) is 23.0 Å². The van der Waals surface area contributed by atoms with E-state index in [0.29, 0.717) is 106 Å². The Labute approximate surface area is 871 Å². The van der Waals surface area contributed by atoms with E-state index < -0.39 is 74.1 Å². The van der Waals surface area contributed by atoms with Crippen LogP contribution < -0.4 is 29.7 Å². The minimum atomic E-state index is -5.87. The second-order valence-corrected chi connectivity index (χ2v) is 43.1. The molecule has 3 N–H and O–H groups in total. The number of piperidine rings is 4. The minimum Gasteiger partial charge on any atom is -0.482 e. The zero-order valence-corrected chi connectivity index (χ0v) is 90.1. The largest absolute Gasteiger partial charge is 0.534 e. The van der Waals surface area contributed by atoms with Gasteiger partial charge in [0.15, 0.2) is 5.76 Å². The van der Waals surface area contributed by atoms with Gasteiger partial charge in [-0.05, 0) is 260 Å². The summed E-state index contributed by atoms with van der Waals surface area (Å²) in [4.78, 5) is 100. The molecule has 8 aliphatic rings. The molecule has 4 saturated heterocycles. The number of para-hydroxylation sites is 4. The van der Waals surface area contributed by atoms with Gasteiger partial charge in [0.2, 0.25) is 0 Å². The van der Waals surface area contributed by atoms with Gasteiger partial charge in [0, 0.05) is 193 Å². The Hall–Kier alpha value is -12.9. The topological polar surface area (TPSA) is 303 Å². The summed E-state index contributed by atoms with van der Waals surface area (Å²) >= 11 is 0. The van der Waals surface area contributed by atoms with E-state index in [9.17, 15) is 55.2 Å². The molecule has 16 rings (SSSR count). The number of hydrogen-bond donors (Lipinski definition) is 3. The van der Waals surface area contributed by atoms with Gasteiger partial charge in [-0.15, -0.1) is 0 Å². The van der Waals surface area contributed by atoms with Crippen molar-refractivity contribution in [2.75, 3.05) is 105 Å². The predicted octanol–water partition coefficient (Wildman–Crippen LogP) is 20.5. The molecule has 0 aromatic heterocycles. The molecule has 0 bridgehead atoms. The van der Waals surface area contributed by atoms with Crippen LogP contribution in [-0.2, 0) is 28.5 Å². The van der Waals surface area contributed by atoms with Crippen molar-refractivity contribution in [2.45, 2.75) is 216 Å². The van der Waals surface area contributed by atoms with E-state index in [1.807, 2.05) is 215 Å². The molecule has 7 amide bonds. The van der Waals surface area contributed by atoms with Crippen molar-refractivity contribution in [1.82, 2.24) is 39.6 Å². The lowest BCUT2D eigenvalue weighted by Gasteiger charge is -2.47. The summed E-state index contributed by atoms with van der Waals surface area (Å²) in [6.45, 7) is 50.7. The molecule has 148 heavy (non-hydrogen) atoms. The fourth-order valence-corrected chi connectivity index (χ4v) is 20.0. The van der Waals surface area contributed by atoms with Crippen molar-refractivity contribution in [2.24, 2.45) is 23.7 Å². The Balaban J connectivity index is 0.000000167. The third-order valence-electron chi connectivity index (χ3n) is 28.1. The highest BCUT2D eigenvalue weighted by atomic mass is 32.2. The molecule has 4 fully saturated rings. The summed E-state index contributed by atoms with van der Waals surface area (Å²) in [7, 11) is -7.35. The molecule has 4 spiro atoms. The highest BCUT2D eigenvalue weighted by Gasteiger charge is 2.54. The number of carbonyl (C=O) groups is 7. The first-order chi connectivity index (χ1) is 69.9. The lowest BCUT2D eigenvalue weighted by molar-refractivity contribution is -0.0516. The highest BCUT2D eigenvalue weighted by Crippen LogP contribution is 2.51. The lowest BCUT2D eigenvalue weighted by Crippen LogP contribution is -2.56. The SMILES string of the molecule is CC1CN(C(=O)OC(C)(C)C)CCC12C=C(OS(=O)(=O)C(F)(F)F)c1ccccc1O2.CCN(CC)C(=O)c1ccc(B(O)O)cc1.CCN(CC)C(=O)c1ccc(C2=CC3(CCN(C(=O)OC(C)(C)C)CC3C)Oc3ccccc32)cc1.CCN(CC)C(=O)c1ccc(C2=CC3(CCN(C(=O)OC(C)(C)C)CC3C)Oc3ccccc32)cc1.CCN(CC)C(=O)c1ccc(C2=CC3(CCNCC3C)Oc3ccccc32)cc1. The van der Waals surface area contributed by atoms with Gasteiger partial charge in [0.05, 0.1) is 5.56 Å². The Kier molecular flexibility index (Phi) is 36.7. The molecular formula is C116H146BF3N8O19S. The fraction of sp³-hybridized carbons (Fsp3) is 0.457. The van der Waals surface area contributed by atoms with Gasteiger partial charge in [-0.1, -0.05) is 143 Å². The Morgan fingerprint density at radius 2 is 0.635 bits per heavy atom. The van der Waals surface area contributed by atoms with Crippen LogP contribution in [0.25, 0.3) is 22.5 Å². The number of rotatable bonds is 18. The normalized spacial score (nSPS) is 21.1. The summed E-state index contributed by atoms with van der Waals surface area (Å²) in [6.07, 6.45) is 9.49. The maximum atomic E-state index is 12.9. The van der Waals surface area contributed by atoms with Gasteiger partial charge in [0.25, 0.3) is 23.6 Å². The molecule has 8 heterocycles. The quantitative estimate of drug-likeness (QED) is 0.0311. The van der Waals surface area contributed by atoms with E-state index >= 15 is 0 Å². The van der Waals surface area contributed by atoms with E-state index in [1.165, 1.54) is 34.7 Å². The monoisotopic (exact) mass is 2060 g/mol. The van der Waals surface area contributed by atoms with Crippen LogP contribution in [0.5, 0.6) is 23.0 Å². The van der Waals surface area contributed by atoms with Crippen LogP contribution in [0.2, 0.25) is 0 Å². The summed E-state index contributed by atoms with van der Waals surface area (Å²) in [5.41, 5.74) is 3.16. The molecular weight excluding hydrogens is 1910 g/mol.